The summed E-state index contributed by atoms with van der Waals surface area (Å²) in [6, 6.07) is 17.8. The lowest BCUT2D eigenvalue weighted by Crippen LogP contribution is -2.37. The van der Waals surface area contributed by atoms with E-state index in [1.54, 1.807) is 17.8 Å². The van der Waals surface area contributed by atoms with Crippen molar-refractivity contribution in [3.63, 3.8) is 0 Å². The van der Waals surface area contributed by atoms with Crippen molar-refractivity contribution in [2.24, 2.45) is 0 Å². The van der Waals surface area contributed by atoms with Gasteiger partial charge in [0.1, 0.15) is 5.82 Å². The first-order valence-electron chi connectivity index (χ1n) is 8.03. The molecular weight excluding hydrogens is 320 g/mol. The van der Waals surface area contributed by atoms with Crippen LogP contribution in [0, 0.1) is 0 Å². The molecule has 4 nitrogen and oxygen atoms in total. The number of nitrogens with zero attached hydrogens (tertiary/aromatic N) is 1. The van der Waals surface area contributed by atoms with Crippen molar-refractivity contribution in [3.05, 3.63) is 64.8 Å². The summed E-state index contributed by atoms with van der Waals surface area (Å²) in [4.78, 5) is 20.4. The van der Waals surface area contributed by atoms with Gasteiger partial charge in [0, 0.05) is 34.3 Å². The van der Waals surface area contributed by atoms with E-state index in [0.717, 1.165) is 39.6 Å². The Morgan fingerprint density at radius 2 is 1.79 bits per heavy atom. The van der Waals surface area contributed by atoms with E-state index in [4.69, 9.17) is 4.74 Å². The second-order valence-electron chi connectivity index (χ2n) is 5.71. The first-order valence-corrected chi connectivity index (χ1v) is 8.84. The number of hydrogen-bond acceptors (Lipinski definition) is 4. The molecule has 3 aromatic rings. The Hall–Kier alpha value is -2.24. The first kappa shape index (κ1) is 15.3. The van der Waals surface area contributed by atoms with Gasteiger partial charge in [0.05, 0.1) is 18.7 Å². The number of fused-ring (bicyclic) bond motifs is 1. The maximum Gasteiger partial charge on any atom is 0.191 e. The van der Waals surface area contributed by atoms with Crippen molar-refractivity contribution >= 4 is 28.5 Å². The summed E-state index contributed by atoms with van der Waals surface area (Å²) in [5.41, 5.74) is 0.959. The van der Waals surface area contributed by atoms with E-state index in [1.165, 1.54) is 0 Å². The van der Waals surface area contributed by atoms with Gasteiger partial charge in [-0.1, -0.05) is 36.0 Å². The van der Waals surface area contributed by atoms with Crippen molar-refractivity contribution in [2.45, 2.75) is 9.79 Å². The predicted molar refractivity (Wildman–Crippen MR) is 98.2 cm³/mol. The minimum Gasteiger partial charge on any atom is -0.378 e. The maximum atomic E-state index is 12.6. The maximum absolute atomic E-state index is 12.6. The Morgan fingerprint density at radius 3 is 2.58 bits per heavy atom. The van der Waals surface area contributed by atoms with Crippen molar-refractivity contribution < 1.29 is 4.74 Å². The van der Waals surface area contributed by atoms with Gasteiger partial charge in [-0.15, -0.1) is 0 Å². The summed E-state index contributed by atoms with van der Waals surface area (Å²) >= 11 is 1.67. The minimum atomic E-state index is 0.0563. The number of aromatic nitrogens is 1. The molecule has 2 heterocycles. The number of anilines is 1. The van der Waals surface area contributed by atoms with Gasteiger partial charge in [-0.2, -0.15) is 0 Å². The van der Waals surface area contributed by atoms with Gasteiger partial charge in [-0.3, -0.25) is 4.79 Å². The van der Waals surface area contributed by atoms with Gasteiger partial charge in [-0.25, -0.2) is 0 Å². The molecule has 0 spiro atoms. The molecule has 1 fully saturated rings. The number of pyridine rings is 1. The molecule has 0 saturated carbocycles. The highest BCUT2D eigenvalue weighted by atomic mass is 32.2. The number of aromatic amines is 1. The fraction of sp³-hybridized carbons (Fsp3) is 0.211. The standard InChI is InChI=1S/C19H18N2O2S/c22-16-13-18(21-9-11-23-12-10-21)20-19-15(16)7-4-8-17(19)24-14-5-2-1-3-6-14/h1-8,13H,9-12H2,(H,20,22). The van der Waals surface area contributed by atoms with E-state index < -0.39 is 0 Å². The fourth-order valence-electron chi connectivity index (χ4n) is 2.91. The van der Waals surface area contributed by atoms with Gasteiger partial charge < -0.3 is 14.6 Å². The van der Waals surface area contributed by atoms with Gasteiger partial charge >= 0.3 is 0 Å². The highest BCUT2D eigenvalue weighted by Gasteiger charge is 2.14. The Balaban J connectivity index is 1.79. The number of benzene rings is 2. The molecule has 1 saturated heterocycles. The zero-order valence-electron chi connectivity index (χ0n) is 13.2. The third kappa shape index (κ3) is 3.05. The molecule has 1 N–H and O–H groups in total. The number of morpholine rings is 1. The largest absolute Gasteiger partial charge is 0.378 e. The van der Waals surface area contributed by atoms with Crippen LogP contribution in [0.2, 0.25) is 0 Å². The third-order valence-corrected chi connectivity index (χ3v) is 5.20. The van der Waals surface area contributed by atoms with Crippen molar-refractivity contribution in [3.8, 4) is 0 Å². The smallest absolute Gasteiger partial charge is 0.191 e. The minimum absolute atomic E-state index is 0.0563. The normalized spacial score (nSPS) is 14.9. The molecular formula is C19H18N2O2S. The summed E-state index contributed by atoms with van der Waals surface area (Å²) in [6.45, 7) is 2.99. The summed E-state index contributed by atoms with van der Waals surface area (Å²) in [5.74, 6) is 0.872. The van der Waals surface area contributed by atoms with Gasteiger partial charge in [0.2, 0.25) is 0 Å². The van der Waals surface area contributed by atoms with Gasteiger partial charge in [-0.05, 0) is 24.3 Å². The molecule has 0 unspecified atom stereocenters. The lowest BCUT2D eigenvalue weighted by Gasteiger charge is -2.28. The van der Waals surface area contributed by atoms with Crippen molar-refractivity contribution in [2.75, 3.05) is 31.2 Å². The number of nitrogens with one attached hydrogen (secondary N) is 1. The van der Waals surface area contributed by atoms with Crippen LogP contribution in [0.5, 0.6) is 0 Å². The zero-order chi connectivity index (χ0) is 16.4. The summed E-state index contributed by atoms with van der Waals surface area (Å²) in [7, 11) is 0. The van der Waals surface area contributed by atoms with E-state index in [1.807, 2.05) is 30.3 Å². The Bertz CT molecular complexity index is 902. The highest BCUT2D eigenvalue weighted by molar-refractivity contribution is 7.99. The molecule has 2 aromatic carbocycles. The second-order valence-corrected chi connectivity index (χ2v) is 6.83. The molecule has 1 aliphatic rings. The van der Waals surface area contributed by atoms with Crippen molar-refractivity contribution in [1.29, 1.82) is 0 Å². The number of hydrogen-bond donors (Lipinski definition) is 1. The van der Waals surface area contributed by atoms with Crippen LogP contribution in [0.4, 0.5) is 5.82 Å². The second kappa shape index (κ2) is 6.71. The molecule has 122 valence electrons. The van der Waals surface area contributed by atoms with Crippen LogP contribution in [0.15, 0.2) is 69.2 Å². The fourth-order valence-corrected chi connectivity index (χ4v) is 3.86. The van der Waals surface area contributed by atoms with E-state index >= 15 is 0 Å². The number of rotatable bonds is 3. The first-order chi connectivity index (χ1) is 11.8. The van der Waals surface area contributed by atoms with E-state index in [2.05, 4.69) is 28.1 Å². The van der Waals surface area contributed by atoms with Crippen LogP contribution in [-0.2, 0) is 4.74 Å². The lowest BCUT2D eigenvalue weighted by atomic mass is 10.2. The topological polar surface area (TPSA) is 45.3 Å². The number of H-pyrrole nitrogens is 1. The molecule has 4 rings (SSSR count). The van der Waals surface area contributed by atoms with Crippen LogP contribution in [0.25, 0.3) is 10.9 Å². The summed E-state index contributed by atoms with van der Waals surface area (Å²) < 4.78 is 5.40. The molecule has 24 heavy (non-hydrogen) atoms. The summed E-state index contributed by atoms with van der Waals surface area (Å²) in [6.07, 6.45) is 0. The highest BCUT2D eigenvalue weighted by Crippen LogP contribution is 2.32. The molecule has 0 bridgehead atoms. The monoisotopic (exact) mass is 338 g/mol. The molecule has 1 aromatic heterocycles. The SMILES string of the molecule is O=c1cc(N2CCOCC2)[nH]c2c(Sc3ccccc3)cccc12. The average molecular weight is 338 g/mol. The molecule has 0 atom stereocenters. The van der Waals surface area contributed by atoms with Gasteiger partial charge in [0.15, 0.2) is 5.43 Å². The average Bonchev–Trinajstić information content (AvgIpc) is 2.64. The predicted octanol–water partition coefficient (Wildman–Crippen LogP) is 3.52. The van der Waals surface area contributed by atoms with Crippen LogP contribution < -0.4 is 10.3 Å². The Labute approximate surface area is 144 Å². The molecule has 0 aliphatic carbocycles. The van der Waals surface area contributed by atoms with Crippen LogP contribution in [0.1, 0.15) is 0 Å². The molecule has 5 heteroatoms. The van der Waals surface area contributed by atoms with Crippen molar-refractivity contribution in [1.82, 2.24) is 4.98 Å². The van der Waals surface area contributed by atoms with Crippen LogP contribution >= 0.6 is 11.8 Å². The quantitative estimate of drug-likeness (QED) is 0.794. The number of para-hydroxylation sites is 1. The Morgan fingerprint density at radius 1 is 1.00 bits per heavy atom. The molecule has 1 aliphatic heterocycles. The lowest BCUT2D eigenvalue weighted by molar-refractivity contribution is 0.122. The zero-order valence-corrected chi connectivity index (χ0v) is 14.0. The molecule has 0 amide bonds. The third-order valence-electron chi connectivity index (χ3n) is 4.14. The number of ether oxygens (including phenoxy) is 1. The van der Waals surface area contributed by atoms with Crippen LogP contribution in [0.3, 0.4) is 0 Å². The van der Waals surface area contributed by atoms with Crippen LogP contribution in [-0.4, -0.2) is 31.3 Å². The molecule has 0 radical (unpaired) electrons. The van der Waals surface area contributed by atoms with E-state index in [0.29, 0.717) is 13.2 Å². The van der Waals surface area contributed by atoms with Gasteiger partial charge in [0.25, 0.3) is 0 Å². The summed E-state index contributed by atoms with van der Waals surface area (Å²) in [5, 5.41) is 0.730. The van der Waals surface area contributed by atoms with E-state index in [9.17, 15) is 4.79 Å². The Kier molecular flexibility index (Phi) is 4.28. The van der Waals surface area contributed by atoms with E-state index in [-0.39, 0.29) is 5.43 Å².